The van der Waals surface area contributed by atoms with Gasteiger partial charge in [0.25, 0.3) is 0 Å². The number of aliphatic carboxylic acids is 1. The van der Waals surface area contributed by atoms with E-state index in [0.29, 0.717) is 18.1 Å². The van der Waals surface area contributed by atoms with Crippen molar-refractivity contribution in [3.8, 4) is 0 Å². The summed E-state index contributed by atoms with van der Waals surface area (Å²) in [6.45, 7) is 0.252. The van der Waals surface area contributed by atoms with Crippen LogP contribution < -0.4 is 5.73 Å². The molecule has 0 bridgehead atoms. The van der Waals surface area contributed by atoms with Crippen LogP contribution in [0.3, 0.4) is 0 Å². The fourth-order valence-electron chi connectivity index (χ4n) is 2.94. The van der Waals surface area contributed by atoms with Gasteiger partial charge < -0.3 is 20.6 Å². The number of carbonyl (C=O) groups is 3. The zero-order chi connectivity index (χ0) is 15.4. The van der Waals surface area contributed by atoms with E-state index in [2.05, 4.69) is 0 Å². The number of amides is 3. The molecule has 1 saturated carbocycles. The molecular weight excluding hydrogens is 294 g/mol. The van der Waals surface area contributed by atoms with E-state index in [1.54, 1.807) is 0 Å². The summed E-state index contributed by atoms with van der Waals surface area (Å²) in [6, 6.07) is -1.20. The molecule has 2 aliphatic rings. The number of urea groups is 1. The summed E-state index contributed by atoms with van der Waals surface area (Å²) < 4.78 is 0. The second-order valence-corrected chi connectivity index (χ2v) is 6.59. The van der Waals surface area contributed by atoms with Gasteiger partial charge in [-0.3, -0.25) is 4.79 Å². The molecule has 0 aromatic heterocycles. The first-order valence-electron chi connectivity index (χ1n) is 7.17. The molecule has 2 fully saturated rings. The minimum atomic E-state index is -0.999. The van der Waals surface area contributed by atoms with E-state index in [1.165, 1.54) is 21.6 Å². The number of rotatable bonds is 4. The highest BCUT2D eigenvalue weighted by atomic mass is 32.2. The van der Waals surface area contributed by atoms with Crippen LogP contribution in [0.25, 0.3) is 0 Å². The third-order valence-corrected chi connectivity index (χ3v) is 5.02. The van der Waals surface area contributed by atoms with Crippen molar-refractivity contribution < 1.29 is 19.5 Å². The largest absolute Gasteiger partial charge is 0.480 e. The molecule has 0 aromatic carbocycles. The maximum absolute atomic E-state index is 12.7. The lowest BCUT2D eigenvalue weighted by Gasteiger charge is -2.38. The Morgan fingerprint density at radius 2 is 1.95 bits per heavy atom. The van der Waals surface area contributed by atoms with Crippen LogP contribution in [0.2, 0.25) is 0 Å². The third kappa shape index (κ3) is 3.81. The second kappa shape index (κ2) is 7.02. The SMILES string of the molecule is NC(=O)CN(C(=O)N1CCSCC1C(=O)O)C1CCCC1. The highest BCUT2D eigenvalue weighted by Gasteiger charge is 2.37. The van der Waals surface area contributed by atoms with Gasteiger partial charge in [0.1, 0.15) is 12.6 Å². The van der Waals surface area contributed by atoms with Gasteiger partial charge in [0.15, 0.2) is 0 Å². The number of carbonyl (C=O) groups excluding carboxylic acids is 2. The molecule has 1 aliphatic heterocycles. The van der Waals surface area contributed by atoms with Gasteiger partial charge in [0.2, 0.25) is 5.91 Å². The number of thioether (sulfide) groups is 1. The summed E-state index contributed by atoms with van der Waals surface area (Å²) in [6.07, 6.45) is 3.73. The van der Waals surface area contributed by atoms with Gasteiger partial charge >= 0.3 is 12.0 Å². The lowest BCUT2D eigenvalue weighted by molar-refractivity contribution is -0.141. The van der Waals surface area contributed by atoms with Crippen molar-refractivity contribution in [1.82, 2.24) is 9.80 Å². The Kier molecular flexibility index (Phi) is 5.33. The Morgan fingerprint density at radius 1 is 1.29 bits per heavy atom. The van der Waals surface area contributed by atoms with Crippen LogP contribution in [-0.4, -0.2) is 69.5 Å². The smallest absolute Gasteiger partial charge is 0.327 e. The summed E-state index contributed by atoms with van der Waals surface area (Å²) in [5.74, 6) is -0.463. The van der Waals surface area contributed by atoms with Crippen LogP contribution in [0, 0.1) is 0 Å². The lowest BCUT2D eigenvalue weighted by Crippen LogP contribution is -2.57. The molecule has 1 aliphatic carbocycles. The Balaban J connectivity index is 2.14. The molecule has 2 rings (SSSR count). The van der Waals surface area contributed by atoms with Crippen LogP contribution >= 0.6 is 11.8 Å². The summed E-state index contributed by atoms with van der Waals surface area (Å²) in [5, 5.41) is 9.27. The molecular formula is C13H21N3O4S. The number of carboxylic acid groups (broad SMARTS) is 1. The molecule has 0 spiro atoms. The van der Waals surface area contributed by atoms with Crippen molar-refractivity contribution in [3.05, 3.63) is 0 Å². The Bertz CT molecular complexity index is 426. The number of nitrogens with zero attached hydrogens (tertiary/aromatic N) is 2. The molecule has 8 heteroatoms. The number of nitrogens with two attached hydrogens (primary N) is 1. The Hall–Kier alpha value is -1.44. The first-order valence-corrected chi connectivity index (χ1v) is 8.32. The van der Waals surface area contributed by atoms with Crippen LogP contribution in [0.1, 0.15) is 25.7 Å². The van der Waals surface area contributed by atoms with Gasteiger partial charge in [-0.05, 0) is 12.8 Å². The molecule has 118 valence electrons. The summed E-state index contributed by atoms with van der Waals surface area (Å²) in [7, 11) is 0. The van der Waals surface area contributed by atoms with Gasteiger partial charge in [-0.1, -0.05) is 12.8 Å². The first-order chi connectivity index (χ1) is 10.0. The minimum absolute atomic E-state index is 0.00553. The minimum Gasteiger partial charge on any atom is -0.480 e. The summed E-state index contributed by atoms with van der Waals surface area (Å²) in [4.78, 5) is 38.1. The molecule has 1 saturated heterocycles. The maximum Gasteiger partial charge on any atom is 0.327 e. The number of carboxylic acids is 1. The van der Waals surface area contributed by atoms with Crippen molar-refractivity contribution in [3.63, 3.8) is 0 Å². The Morgan fingerprint density at radius 3 is 2.52 bits per heavy atom. The highest BCUT2D eigenvalue weighted by Crippen LogP contribution is 2.26. The average molecular weight is 315 g/mol. The third-order valence-electron chi connectivity index (χ3n) is 4.00. The van der Waals surface area contributed by atoms with Crippen molar-refractivity contribution in [2.24, 2.45) is 5.73 Å². The predicted molar refractivity (Wildman–Crippen MR) is 79.0 cm³/mol. The van der Waals surface area contributed by atoms with Crippen molar-refractivity contribution in [2.45, 2.75) is 37.8 Å². The van der Waals surface area contributed by atoms with E-state index in [1.807, 2.05) is 0 Å². The van der Waals surface area contributed by atoms with Crippen LogP contribution in [0.15, 0.2) is 0 Å². The van der Waals surface area contributed by atoms with Crippen molar-refractivity contribution in [2.75, 3.05) is 24.6 Å². The van der Waals surface area contributed by atoms with Crippen LogP contribution in [-0.2, 0) is 9.59 Å². The van der Waals surface area contributed by atoms with Gasteiger partial charge in [-0.15, -0.1) is 0 Å². The van der Waals surface area contributed by atoms with Gasteiger partial charge in [0, 0.05) is 24.1 Å². The quantitative estimate of drug-likeness (QED) is 0.778. The van der Waals surface area contributed by atoms with E-state index in [9.17, 15) is 19.5 Å². The lowest BCUT2D eigenvalue weighted by atomic mass is 10.2. The molecule has 0 aromatic rings. The molecule has 1 unspecified atom stereocenters. The van der Waals surface area contributed by atoms with Crippen LogP contribution in [0.4, 0.5) is 4.79 Å². The van der Waals surface area contributed by atoms with E-state index >= 15 is 0 Å². The number of hydrogen-bond acceptors (Lipinski definition) is 4. The molecule has 1 heterocycles. The topological polar surface area (TPSA) is 104 Å². The summed E-state index contributed by atoms with van der Waals surface area (Å²) >= 11 is 1.53. The fourth-order valence-corrected chi connectivity index (χ4v) is 3.98. The molecule has 7 nitrogen and oxygen atoms in total. The average Bonchev–Trinajstić information content (AvgIpc) is 2.97. The highest BCUT2D eigenvalue weighted by molar-refractivity contribution is 7.99. The maximum atomic E-state index is 12.7. The Labute approximate surface area is 127 Å². The molecule has 0 radical (unpaired) electrons. The van der Waals surface area contributed by atoms with E-state index < -0.39 is 17.9 Å². The fraction of sp³-hybridized carbons (Fsp3) is 0.769. The molecule has 3 amide bonds. The zero-order valence-corrected chi connectivity index (χ0v) is 12.7. The standard InChI is InChI=1S/C13H21N3O4S/c14-11(17)7-16(9-3-1-2-4-9)13(20)15-5-6-21-8-10(15)12(18)19/h9-10H,1-8H2,(H2,14,17)(H,18,19). The predicted octanol–water partition coefficient (Wildman–Crippen LogP) is 0.338. The van der Waals surface area contributed by atoms with Crippen molar-refractivity contribution >= 4 is 29.7 Å². The van der Waals surface area contributed by atoms with E-state index in [0.717, 1.165) is 25.7 Å². The molecule has 3 N–H and O–H groups in total. The van der Waals surface area contributed by atoms with Gasteiger partial charge in [-0.25, -0.2) is 9.59 Å². The van der Waals surface area contributed by atoms with E-state index in [-0.39, 0.29) is 18.6 Å². The van der Waals surface area contributed by atoms with Gasteiger partial charge in [-0.2, -0.15) is 11.8 Å². The van der Waals surface area contributed by atoms with Gasteiger partial charge in [0.05, 0.1) is 0 Å². The summed E-state index contributed by atoms with van der Waals surface area (Å²) in [5.41, 5.74) is 5.25. The van der Waals surface area contributed by atoms with E-state index in [4.69, 9.17) is 5.73 Å². The zero-order valence-electron chi connectivity index (χ0n) is 11.9. The van der Waals surface area contributed by atoms with Crippen LogP contribution in [0.5, 0.6) is 0 Å². The first kappa shape index (κ1) is 15.9. The normalized spacial score (nSPS) is 23.0. The number of hydrogen-bond donors (Lipinski definition) is 2. The van der Waals surface area contributed by atoms with Crippen molar-refractivity contribution in [1.29, 1.82) is 0 Å². The number of primary amides is 1. The molecule has 21 heavy (non-hydrogen) atoms. The second-order valence-electron chi connectivity index (χ2n) is 5.44. The molecule has 1 atom stereocenters. The monoisotopic (exact) mass is 315 g/mol.